The molecule has 27 heavy (non-hydrogen) atoms. The highest BCUT2D eigenvalue weighted by Gasteiger charge is 2.57. The summed E-state index contributed by atoms with van der Waals surface area (Å²) < 4.78 is 40.6. The van der Waals surface area contributed by atoms with E-state index >= 15 is 0 Å². The SMILES string of the molecule is CC(COC(=O)C(F)(F)SOOO)C(=O)OC1(C)C2CC3CC(C2)CC1C3. The quantitative estimate of drug-likeness (QED) is 0.281. The summed E-state index contributed by atoms with van der Waals surface area (Å²) in [5.74, 6) is -1.20. The van der Waals surface area contributed by atoms with E-state index in [0.717, 1.165) is 37.5 Å². The summed E-state index contributed by atoms with van der Waals surface area (Å²) in [6.45, 7) is 2.91. The van der Waals surface area contributed by atoms with Gasteiger partial charge in [0.2, 0.25) is 0 Å². The molecule has 154 valence electrons. The molecule has 0 spiro atoms. The minimum atomic E-state index is -4.08. The van der Waals surface area contributed by atoms with Gasteiger partial charge < -0.3 is 9.47 Å². The number of hydrogen-bond acceptors (Lipinski definition) is 8. The minimum absolute atomic E-state index is 0.337. The molecule has 0 aromatic rings. The third kappa shape index (κ3) is 4.23. The molecular formula is C17H24F2O7S. The van der Waals surface area contributed by atoms with E-state index in [4.69, 9.17) is 9.99 Å². The van der Waals surface area contributed by atoms with Gasteiger partial charge in [-0.1, -0.05) is 5.04 Å². The number of carbonyl (C=O) groups excluding carboxylic acids is 2. The van der Waals surface area contributed by atoms with Crippen LogP contribution in [-0.4, -0.2) is 34.7 Å². The Morgan fingerprint density at radius 1 is 1.19 bits per heavy atom. The highest BCUT2D eigenvalue weighted by molar-refractivity contribution is 7.96. The molecule has 1 unspecified atom stereocenters. The van der Waals surface area contributed by atoms with Crippen LogP contribution in [0.1, 0.15) is 46.0 Å². The van der Waals surface area contributed by atoms with E-state index in [-0.39, 0.29) is 0 Å². The Labute approximate surface area is 160 Å². The molecule has 0 aromatic heterocycles. The smallest absolute Gasteiger partial charge is 0.415 e. The first-order chi connectivity index (χ1) is 12.7. The monoisotopic (exact) mass is 410 g/mol. The highest BCUT2D eigenvalue weighted by atomic mass is 32.2. The number of ether oxygens (including phenoxy) is 2. The Hall–Kier alpha value is -0.970. The van der Waals surface area contributed by atoms with Crippen molar-refractivity contribution in [2.45, 2.75) is 56.8 Å². The van der Waals surface area contributed by atoms with Gasteiger partial charge in [0.25, 0.3) is 0 Å². The van der Waals surface area contributed by atoms with Crippen molar-refractivity contribution >= 4 is 24.0 Å². The average molecular weight is 410 g/mol. The van der Waals surface area contributed by atoms with Crippen LogP contribution in [0.15, 0.2) is 0 Å². The Kier molecular flexibility index (Phi) is 6.00. The van der Waals surface area contributed by atoms with E-state index in [2.05, 4.69) is 14.1 Å². The molecule has 1 atom stereocenters. The van der Waals surface area contributed by atoms with Crippen molar-refractivity contribution in [1.82, 2.24) is 0 Å². The molecule has 4 saturated carbocycles. The van der Waals surface area contributed by atoms with Crippen LogP contribution in [0.5, 0.6) is 0 Å². The van der Waals surface area contributed by atoms with Gasteiger partial charge in [-0.2, -0.15) is 8.78 Å². The van der Waals surface area contributed by atoms with Gasteiger partial charge in [-0.3, -0.25) is 4.79 Å². The molecule has 4 aliphatic carbocycles. The lowest BCUT2D eigenvalue weighted by Gasteiger charge is -2.59. The van der Waals surface area contributed by atoms with E-state index in [1.807, 2.05) is 6.92 Å². The zero-order chi connectivity index (χ0) is 19.8. The van der Waals surface area contributed by atoms with Gasteiger partial charge in [0.05, 0.1) is 5.92 Å². The lowest BCUT2D eigenvalue weighted by atomic mass is 9.50. The average Bonchev–Trinajstić information content (AvgIpc) is 2.61. The lowest BCUT2D eigenvalue weighted by molar-refractivity contribution is -0.433. The summed E-state index contributed by atoms with van der Waals surface area (Å²) in [7, 11) is 0. The van der Waals surface area contributed by atoms with Crippen LogP contribution in [0.2, 0.25) is 0 Å². The van der Waals surface area contributed by atoms with E-state index in [9.17, 15) is 18.4 Å². The van der Waals surface area contributed by atoms with Crippen molar-refractivity contribution in [3.8, 4) is 0 Å². The molecule has 1 N–H and O–H groups in total. The number of carbonyl (C=O) groups is 2. The van der Waals surface area contributed by atoms with Crippen LogP contribution in [0.4, 0.5) is 8.78 Å². The normalized spacial score (nSPS) is 35.7. The van der Waals surface area contributed by atoms with Crippen LogP contribution in [0, 0.1) is 29.6 Å². The van der Waals surface area contributed by atoms with Crippen molar-refractivity contribution in [1.29, 1.82) is 0 Å². The van der Waals surface area contributed by atoms with Crippen LogP contribution < -0.4 is 0 Å². The Balaban J connectivity index is 1.51. The molecule has 0 aliphatic heterocycles. The number of esters is 2. The molecule has 4 aliphatic rings. The van der Waals surface area contributed by atoms with Crippen LogP contribution in [-0.2, 0) is 28.4 Å². The third-order valence-corrected chi connectivity index (χ3v) is 6.86. The standard InChI is InChI=1S/C17H24F2O7S/c1-9(8-23-15(21)17(18,19)27-26-25-22)14(20)24-16(2)12-4-10-3-11(6-12)7-13(16)5-10/h9-13,22H,3-8H2,1-2H3. The number of rotatable bonds is 8. The Morgan fingerprint density at radius 3 is 2.26 bits per heavy atom. The second kappa shape index (κ2) is 7.81. The van der Waals surface area contributed by atoms with Crippen LogP contribution in [0.3, 0.4) is 0 Å². The summed E-state index contributed by atoms with van der Waals surface area (Å²) in [6, 6.07) is 0. The molecule has 0 heterocycles. The lowest BCUT2D eigenvalue weighted by Crippen LogP contribution is -2.58. The van der Waals surface area contributed by atoms with Crippen molar-refractivity contribution in [2.24, 2.45) is 29.6 Å². The summed E-state index contributed by atoms with van der Waals surface area (Å²) in [6.07, 6.45) is 5.54. The maximum absolute atomic E-state index is 13.3. The zero-order valence-corrected chi connectivity index (χ0v) is 16.0. The first-order valence-electron chi connectivity index (χ1n) is 9.09. The highest BCUT2D eigenvalue weighted by Crippen LogP contribution is 2.59. The Bertz CT molecular complexity index is 558. The molecular weight excluding hydrogens is 386 g/mol. The molecule has 0 aromatic carbocycles. The van der Waals surface area contributed by atoms with Crippen LogP contribution in [0.25, 0.3) is 0 Å². The molecule has 4 rings (SSSR count). The van der Waals surface area contributed by atoms with Gasteiger partial charge in [0.15, 0.2) is 0 Å². The van der Waals surface area contributed by atoms with Gasteiger partial charge in [-0.25, -0.2) is 10.1 Å². The number of hydrogen-bond donors (Lipinski definition) is 1. The van der Waals surface area contributed by atoms with Gasteiger partial charge >= 0.3 is 17.2 Å². The van der Waals surface area contributed by atoms with Crippen molar-refractivity contribution in [2.75, 3.05) is 6.61 Å². The predicted octanol–water partition coefficient (Wildman–Crippen LogP) is 3.59. The predicted molar refractivity (Wildman–Crippen MR) is 89.0 cm³/mol. The van der Waals surface area contributed by atoms with Crippen molar-refractivity contribution < 1.29 is 42.5 Å². The van der Waals surface area contributed by atoms with Crippen LogP contribution >= 0.6 is 12.0 Å². The summed E-state index contributed by atoms with van der Waals surface area (Å²) in [5.41, 5.74) is -0.533. The fourth-order valence-corrected chi connectivity index (χ4v) is 5.29. The zero-order valence-electron chi connectivity index (χ0n) is 15.2. The van der Waals surface area contributed by atoms with Gasteiger partial charge in [0, 0.05) is 0 Å². The van der Waals surface area contributed by atoms with Gasteiger partial charge in [0.1, 0.15) is 24.3 Å². The topological polar surface area (TPSA) is 91.3 Å². The number of alkyl halides is 2. The molecule has 0 radical (unpaired) electrons. The van der Waals surface area contributed by atoms with Gasteiger partial charge in [-0.05, 0) is 69.6 Å². The molecule has 7 nitrogen and oxygen atoms in total. The molecule has 0 saturated heterocycles. The van der Waals surface area contributed by atoms with Crippen molar-refractivity contribution in [3.63, 3.8) is 0 Å². The van der Waals surface area contributed by atoms with E-state index in [1.165, 1.54) is 13.3 Å². The summed E-state index contributed by atoms with van der Waals surface area (Å²) in [4.78, 5) is 23.9. The van der Waals surface area contributed by atoms with Crippen molar-refractivity contribution in [3.05, 3.63) is 0 Å². The number of halogens is 2. The summed E-state index contributed by atoms with van der Waals surface area (Å²) in [5, 5.41) is 6.83. The van der Waals surface area contributed by atoms with E-state index < -0.39 is 47.4 Å². The van der Waals surface area contributed by atoms with E-state index in [1.54, 1.807) is 0 Å². The minimum Gasteiger partial charge on any atom is -0.460 e. The fourth-order valence-electron chi connectivity index (χ4n) is 5.05. The van der Waals surface area contributed by atoms with E-state index in [0.29, 0.717) is 11.8 Å². The molecule has 10 heteroatoms. The maximum atomic E-state index is 13.3. The molecule has 4 bridgehead atoms. The molecule has 4 fully saturated rings. The first kappa shape index (κ1) is 20.8. The fraction of sp³-hybridized carbons (Fsp3) is 0.882. The third-order valence-electron chi connectivity index (χ3n) is 6.35. The first-order valence-corrected chi connectivity index (χ1v) is 9.83. The Morgan fingerprint density at radius 2 is 1.74 bits per heavy atom. The second-order valence-electron chi connectivity index (χ2n) is 8.15. The molecule has 0 amide bonds. The largest absolute Gasteiger partial charge is 0.460 e. The second-order valence-corrected chi connectivity index (χ2v) is 8.97. The summed E-state index contributed by atoms with van der Waals surface area (Å²) >= 11 is -0.706. The van der Waals surface area contributed by atoms with Gasteiger partial charge in [-0.15, -0.1) is 4.33 Å². The maximum Gasteiger partial charge on any atom is 0.415 e.